The zero-order valence-corrected chi connectivity index (χ0v) is 14.3. The second kappa shape index (κ2) is 6.87. The molecule has 1 aromatic heterocycles. The van der Waals surface area contributed by atoms with Gasteiger partial charge in [-0.1, -0.05) is 42.5 Å². The lowest BCUT2D eigenvalue weighted by Gasteiger charge is -2.05. The Morgan fingerprint density at radius 1 is 1.19 bits per heavy atom. The summed E-state index contributed by atoms with van der Waals surface area (Å²) in [6, 6.07) is 17.8. The molecule has 7 nitrogen and oxygen atoms in total. The fourth-order valence-electron chi connectivity index (χ4n) is 2.99. The summed E-state index contributed by atoms with van der Waals surface area (Å²) in [5.41, 5.74) is 6.37. The number of benzene rings is 2. The molecule has 4 rings (SSSR count). The van der Waals surface area contributed by atoms with Crippen molar-refractivity contribution in [2.24, 2.45) is 11.0 Å². The Bertz CT molecular complexity index is 936. The van der Waals surface area contributed by atoms with Crippen molar-refractivity contribution in [3.05, 3.63) is 72.1 Å². The Labute approximate surface area is 150 Å². The van der Waals surface area contributed by atoms with Gasteiger partial charge in [-0.2, -0.15) is 5.10 Å². The first-order valence-corrected chi connectivity index (χ1v) is 8.45. The van der Waals surface area contributed by atoms with Crippen molar-refractivity contribution >= 4 is 11.6 Å². The number of tetrazole rings is 1. The van der Waals surface area contributed by atoms with Crippen LogP contribution < -0.4 is 5.43 Å². The molecule has 1 fully saturated rings. The van der Waals surface area contributed by atoms with Crippen molar-refractivity contribution in [1.29, 1.82) is 0 Å². The summed E-state index contributed by atoms with van der Waals surface area (Å²) >= 11 is 0. The van der Waals surface area contributed by atoms with Crippen LogP contribution in [0.1, 0.15) is 30.4 Å². The van der Waals surface area contributed by atoms with Crippen molar-refractivity contribution in [1.82, 2.24) is 25.6 Å². The SMILES string of the molecule is C/C(=N\NC(=O)C1CC1c1ccccc1)c1cccc(-n2cnnn2)c1. The summed E-state index contributed by atoms with van der Waals surface area (Å²) < 4.78 is 1.57. The highest BCUT2D eigenvalue weighted by molar-refractivity contribution is 5.99. The minimum Gasteiger partial charge on any atom is -0.273 e. The topological polar surface area (TPSA) is 85.1 Å². The second-order valence-electron chi connectivity index (χ2n) is 6.34. The monoisotopic (exact) mass is 346 g/mol. The van der Waals surface area contributed by atoms with Crippen molar-refractivity contribution in [2.75, 3.05) is 0 Å². The van der Waals surface area contributed by atoms with Crippen LogP contribution in [0.5, 0.6) is 0 Å². The van der Waals surface area contributed by atoms with E-state index in [1.807, 2.05) is 49.4 Å². The number of carbonyl (C=O) groups excluding carboxylic acids is 1. The lowest BCUT2D eigenvalue weighted by molar-refractivity contribution is -0.122. The van der Waals surface area contributed by atoms with Gasteiger partial charge in [-0.05, 0) is 52.9 Å². The largest absolute Gasteiger partial charge is 0.273 e. The normalized spacial score (nSPS) is 19.2. The summed E-state index contributed by atoms with van der Waals surface area (Å²) in [6.45, 7) is 1.86. The van der Waals surface area contributed by atoms with E-state index >= 15 is 0 Å². The zero-order chi connectivity index (χ0) is 17.9. The van der Waals surface area contributed by atoms with Gasteiger partial charge in [0.15, 0.2) is 0 Å². The van der Waals surface area contributed by atoms with Crippen LogP contribution in [-0.4, -0.2) is 31.8 Å². The van der Waals surface area contributed by atoms with Crippen LogP contribution in [-0.2, 0) is 4.79 Å². The Morgan fingerprint density at radius 3 is 2.81 bits per heavy atom. The first kappa shape index (κ1) is 16.1. The molecule has 1 saturated carbocycles. The third-order valence-electron chi connectivity index (χ3n) is 4.57. The molecular weight excluding hydrogens is 328 g/mol. The Morgan fingerprint density at radius 2 is 2.04 bits per heavy atom. The van der Waals surface area contributed by atoms with Crippen LogP contribution in [0.3, 0.4) is 0 Å². The minimum absolute atomic E-state index is 0.00140. The minimum atomic E-state index is -0.0326. The van der Waals surface area contributed by atoms with Crippen LogP contribution in [0.4, 0.5) is 0 Å². The number of amides is 1. The highest BCUT2D eigenvalue weighted by Gasteiger charge is 2.43. The molecule has 0 aliphatic heterocycles. The number of aromatic nitrogens is 4. The third kappa shape index (κ3) is 3.37. The van der Waals surface area contributed by atoms with Crippen molar-refractivity contribution in [2.45, 2.75) is 19.3 Å². The molecule has 7 heteroatoms. The summed E-state index contributed by atoms with van der Waals surface area (Å²) in [7, 11) is 0. The van der Waals surface area contributed by atoms with Gasteiger partial charge in [-0.25, -0.2) is 10.1 Å². The first-order valence-electron chi connectivity index (χ1n) is 8.45. The van der Waals surface area contributed by atoms with E-state index in [1.165, 1.54) is 11.9 Å². The lowest BCUT2D eigenvalue weighted by atomic mass is 10.1. The Balaban J connectivity index is 1.41. The molecule has 2 unspecified atom stereocenters. The number of carbonyl (C=O) groups is 1. The molecular formula is C19H18N6O. The standard InChI is InChI=1S/C19H18N6O/c1-13(15-8-5-9-16(10-15)25-12-20-23-24-25)21-22-19(26)18-11-17(18)14-6-3-2-4-7-14/h2-10,12,17-18H,11H2,1H3,(H,22,26)/b21-13+. The van der Waals surface area contributed by atoms with E-state index in [2.05, 4.69) is 38.2 Å². The maximum absolute atomic E-state index is 12.3. The summed E-state index contributed by atoms with van der Waals surface area (Å²) in [5.74, 6) is 0.270. The molecule has 0 saturated heterocycles. The van der Waals surface area contributed by atoms with Gasteiger partial charge in [0.2, 0.25) is 5.91 Å². The molecule has 2 atom stereocenters. The third-order valence-corrected chi connectivity index (χ3v) is 4.57. The molecule has 1 amide bonds. The molecule has 26 heavy (non-hydrogen) atoms. The number of hydrazone groups is 1. The van der Waals surface area contributed by atoms with E-state index in [-0.39, 0.29) is 11.8 Å². The van der Waals surface area contributed by atoms with E-state index in [4.69, 9.17) is 0 Å². The van der Waals surface area contributed by atoms with Crippen LogP contribution in [0.15, 0.2) is 66.0 Å². The number of nitrogens with one attached hydrogen (secondary N) is 1. The quantitative estimate of drug-likeness (QED) is 0.567. The zero-order valence-electron chi connectivity index (χ0n) is 14.3. The fraction of sp³-hybridized carbons (Fsp3) is 0.211. The molecule has 2 aromatic carbocycles. The van der Waals surface area contributed by atoms with Crippen molar-refractivity contribution in [3.63, 3.8) is 0 Å². The molecule has 0 bridgehead atoms. The smallest absolute Gasteiger partial charge is 0.243 e. The summed E-state index contributed by atoms with van der Waals surface area (Å²) in [6.07, 6.45) is 2.41. The maximum Gasteiger partial charge on any atom is 0.243 e. The second-order valence-corrected chi connectivity index (χ2v) is 6.34. The van der Waals surface area contributed by atoms with Crippen molar-refractivity contribution in [3.8, 4) is 5.69 Å². The van der Waals surface area contributed by atoms with E-state index in [9.17, 15) is 4.79 Å². The number of hydrogen-bond acceptors (Lipinski definition) is 5. The van der Waals surface area contributed by atoms with Crippen LogP contribution in [0, 0.1) is 5.92 Å². The Hall–Kier alpha value is -3.35. The number of nitrogens with zero attached hydrogens (tertiary/aromatic N) is 5. The van der Waals surface area contributed by atoms with Gasteiger partial charge in [0, 0.05) is 5.92 Å². The van der Waals surface area contributed by atoms with Crippen LogP contribution >= 0.6 is 0 Å². The predicted octanol–water partition coefficient (Wildman–Crippen LogP) is 2.31. The predicted molar refractivity (Wildman–Crippen MR) is 96.8 cm³/mol. The van der Waals surface area contributed by atoms with Gasteiger partial charge < -0.3 is 0 Å². The van der Waals surface area contributed by atoms with Gasteiger partial charge >= 0.3 is 0 Å². The van der Waals surface area contributed by atoms with Gasteiger partial charge in [-0.15, -0.1) is 5.10 Å². The number of rotatable bonds is 5. The Kier molecular flexibility index (Phi) is 4.27. The summed E-state index contributed by atoms with van der Waals surface area (Å²) in [4.78, 5) is 12.3. The molecule has 1 aliphatic carbocycles. The van der Waals surface area contributed by atoms with Gasteiger partial charge in [0.25, 0.3) is 0 Å². The lowest BCUT2D eigenvalue weighted by Crippen LogP contribution is -2.21. The van der Waals surface area contributed by atoms with Crippen molar-refractivity contribution < 1.29 is 4.79 Å². The van der Waals surface area contributed by atoms with E-state index in [0.29, 0.717) is 5.92 Å². The molecule has 130 valence electrons. The molecule has 1 N–H and O–H groups in total. The van der Waals surface area contributed by atoms with Crippen LogP contribution in [0.25, 0.3) is 5.69 Å². The molecule has 0 radical (unpaired) electrons. The average molecular weight is 346 g/mol. The molecule has 0 spiro atoms. The van der Waals surface area contributed by atoms with E-state index < -0.39 is 0 Å². The maximum atomic E-state index is 12.3. The molecule has 1 heterocycles. The molecule has 1 aliphatic rings. The van der Waals surface area contributed by atoms with Crippen LogP contribution in [0.2, 0.25) is 0 Å². The fourth-order valence-corrected chi connectivity index (χ4v) is 2.99. The highest BCUT2D eigenvalue weighted by Crippen LogP contribution is 2.47. The van der Waals surface area contributed by atoms with Gasteiger partial charge in [-0.3, -0.25) is 4.79 Å². The van der Waals surface area contributed by atoms with Gasteiger partial charge in [0.05, 0.1) is 11.4 Å². The molecule has 3 aromatic rings. The summed E-state index contributed by atoms with van der Waals surface area (Å²) in [5, 5.41) is 15.4. The first-order chi connectivity index (χ1) is 12.7. The number of hydrogen-bond donors (Lipinski definition) is 1. The average Bonchev–Trinajstić information content (AvgIpc) is 3.31. The van der Waals surface area contributed by atoms with Gasteiger partial charge in [0.1, 0.15) is 6.33 Å². The van der Waals surface area contributed by atoms with E-state index in [0.717, 1.165) is 23.4 Å². The highest BCUT2D eigenvalue weighted by atomic mass is 16.2. The van der Waals surface area contributed by atoms with E-state index in [1.54, 1.807) is 4.68 Å².